The second-order valence-electron chi connectivity index (χ2n) is 6.03. The van der Waals surface area contributed by atoms with E-state index in [0.717, 1.165) is 12.3 Å². The lowest BCUT2D eigenvalue weighted by Gasteiger charge is -2.16. The van der Waals surface area contributed by atoms with Gasteiger partial charge in [-0.25, -0.2) is 0 Å². The summed E-state index contributed by atoms with van der Waals surface area (Å²) in [6.45, 7) is 4.50. The van der Waals surface area contributed by atoms with E-state index in [9.17, 15) is 5.11 Å². The molecule has 1 aliphatic rings. The van der Waals surface area contributed by atoms with E-state index in [0.29, 0.717) is 5.92 Å². The normalized spacial score (nSPS) is 28.8. The standard InChI is InChI=1S/C16H32O/c1-3-4-5-6-7-8-9-10-11-15-12-13-16(17)14(15)2/h14-17H,3-13H2,1-2H3. The highest BCUT2D eigenvalue weighted by Crippen LogP contribution is 2.35. The van der Waals surface area contributed by atoms with Crippen molar-refractivity contribution in [2.45, 2.75) is 90.6 Å². The molecule has 0 saturated heterocycles. The van der Waals surface area contributed by atoms with Gasteiger partial charge in [0.05, 0.1) is 6.10 Å². The predicted molar refractivity (Wildman–Crippen MR) is 75.1 cm³/mol. The zero-order chi connectivity index (χ0) is 12.5. The van der Waals surface area contributed by atoms with Gasteiger partial charge in [-0.15, -0.1) is 0 Å². The van der Waals surface area contributed by atoms with Gasteiger partial charge in [0.25, 0.3) is 0 Å². The van der Waals surface area contributed by atoms with Crippen molar-refractivity contribution >= 4 is 0 Å². The van der Waals surface area contributed by atoms with Crippen LogP contribution in [0.4, 0.5) is 0 Å². The Balaban J connectivity index is 1.87. The van der Waals surface area contributed by atoms with Gasteiger partial charge in [-0.3, -0.25) is 0 Å². The minimum absolute atomic E-state index is 0.00551. The van der Waals surface area contributed by atoms with Gasteiger partial charge in [0.2, 0.25) is 0 Å². The summed E-state index contributed by atoms with van der Waals surface area (Å²) in [5.41, 5.74) is 0. The van der Waals surface area contributed by atoms with Crippen LogP contribution in [0.25, 0.3) is 0 Å². The Morgan fingerprint density at radius 3 is 2.00 bits per heavy atom. The highest BCUT2D eigenvalue weighted by molar-refractivity contribution is 4.81. The van der Waals surface area contributed by atoms with Crippen LogP contribution in [-0.2, 0) is 0 Å². The molecule has 0 aromatic rings. The van der Waals surface area contributed by atoms with Gasteiger partial charge in [-0.1, -0.05) is 71.6 Å². The van der Waals surface area contributed by atoms with Crippen molar-refractivity contribution in [2.75, 3.05) is 0 Å². The molecule has 1 N–H and O–H groups in total. The van der Waals surface area contributed by atoms with Crippen LogP contribution in [0.3, 0.4) is 0 Å². The molecular weight excluding hydrogens is 208 g/mol. The first-order valence-corrected chi connectivity index (χ1v) is 7.93. The predicted octanol–water partition coefficient (Wildman–Crippen LogP) is 4.92. The lowest BCUT2D eigenvalue weighted by Crippen LogP contribution is -2.15. The van der Waals surface area contributed by atoms with E-state index in [1.54, 1.807) is 0 Å². The molecule has 1 nitrogen and oxygen atoms in total. The van der Waals surface area contributed by atoms with Crippen LogP contribution in [0.5, 0.6) is 0 Å². The molecule has 3 atom stereocenters. The summed E-state index contributed by atoms with van der Waals surface area (Å²) in [4.78, 5) is 0. The summed E-state index contributed by atoms with van der Waals surface area (Å²) < 4.78 is 0. The third kappa shape index (κ3) is 5.90. The number of hydrogen-bond donors (Lipinski definition) is 1. The highest BCUT2D eigenvalue weighted by Gasteiger charge is 2.30. The molecule has 0 aliphatic heterocycles. The Hall–Kier alpha value is -0.0400. The van der Waals surface area contributed by atoms with E-state index < -0.39 is 0 Å². The van der Waals surface area contributed by atoms with Crippen molar-refractivity contribution < 1.29 is 5.11 Å². The van der Waals surface area contributed by atoms with Crippen LogP contribution in [0, 0.1) is 11.8 Å². The molecule has 0 heterocycles. The van der Waals surface area contributed by atoms with Crippen molar-refractivity contribution in [3.05, 3.63) is 0 Å². The van der Waals surface area contributed by atoms with Gasteiger partial charge in [-0.2, -0.15) is 0 Å². The fourth-order valence-electron chi connectivity index (χ4n) is 3.17. The van der Waals surface area contributed by atoms with Crippen LogP contribution < -0.4 is 0 Å². The van der Waals surface area contributed by atoms with Crippen LogP contribution in [0.2, 0.25) is 0 Å². The molecule has 0 bridgehead atoms. The maximum atomic E-state index is 9.69. The monoisotopic (exact) mass is 240 g/mol. The average molecular weight is 240 g/mol. The number of rotatable bonds is 9. The Morgan fingerprint density at radius 2 is 1.47 bits per heavy atom. The average Bonchev–Trinajstić information content (AvgIpc) is 2.64. The summed E-state index contributed by atoms with van der Waals surface area (Å²) >= 11 is 0. The van der Waals surface area contributed by atoms with Crippen molar-refractivity contribution in [1.29, 1.82) is 0 Å². The number of hydrogen-bond acceptors (Lipinski definition) is 1. The molecule has 1 heteroatoms. The fraction of sp³-hybridized carbons (Fsp3) is 1.00. The molecule has 0 radical (unpaired) electrons. The Bertz CT molecular complexity index is 178. The summed E-state index contributed by atoms with van der Waals surface area (Å²) in [6.07, 6.45) is 14.9. The van der Waals surface area contributed by atoms with E-state index >= 15 is 0 Å². The van der Waals surface area contributed by atoms with E-state index in [1.807, 2.05) is 0 Å². The van der Waals surface area contributed by atoms with Crippen molar-refractivity contribution in [3.63, 3.8) is 0 Å². The molecule has 1 aliphatic carbocycles. The topological polar surface area (TPSA) is 20.2 Å². The third-order valence-corrected chi connectivity index (χ3v) is 4.61. The minimum atomic E-state index is -0.00551. The largest absolute Gasteiger partial charge is 0.393 e. The Labute approximate surface area is 108 Å². The summed E-state index contributed by atoms with van der Waals surface area (Å²) in [5, 5.41) is 9.69. The van der Waals surface area contributed by atoms with Gasteiger partial charge < -0.3 is 5.11 Å². The van der Waals surface area contributed by atoms with Crippen LogP contribution in [-0.4, -0.2) is 11.2 Å². The molecule has 17 heavy (non-hydrogen) atoms. The summed E-state index contributed by atoms with van der Waals surface area (Å²) in [5.74, 6) is 1.37. The molecule has 1 saturated carbocycles. The maximum Gasteiger partial charge on any atom is 0.0568 e. The van der Waals surface area contributed by atoms with Gasteiger partial charge in [0.1, 0.15) is 0 Å². The molecule has 3 unspecified atom stereocenters. The van der Waals surface area contributed by atoms with Crippen molar-refractivity contribution in [2.24, 2.45) is 11.8 Å². The van der Waals surface area contributed by atoms with E-state index in [4.69, 9.17) is 0 Å². The molecule has 1 fully saturated rings. The Morgan fingerprint density at radius 1 is 0.882 bits per heavy atom. The highest BCUT2D eigenvalue weighted by atomic mass is 16.3. The summed E-state index contributed by atoms with van der Waals surface area (Å²) in [6, 6.07) is 0. The second-order valence-corrected chi connectivity index (χ2v) is 6.03. The zero-order valence-electron chi connectivity index (χ0n) is 12.0. The fourth-order valence-corrected chi connectivity index (χ4v) is 3.17. The number of aliphatic hydroxyl groups excluding tert-OH is 1. The molecule has 0 spiro atoms. The Kier molecular flexibility index (Phi) is 7.92. The lowest BCUT2D eigenvalue weighted by atomic mass is 9.91. The molecular formula is C16H32O. The van der Waals surface area contributed by atoms with Crippen LogP contribution in [0.15, 0.2) is 0 Å². The molecule has 1 rings (SSSR count). The zero-order valence-corrected chi connectivity index (χ0v) is 12.0. The SMILES string of the molecule is CCCCCCCCCCC1CCC(O)C1C. The molecule has 0 aromatic carbocycles. The molecule has 0 aromatic heterocycles. The maximum absolute atomic E-state index is 9.69. The first-order valence-electron chi connectivity index (χ1n) is 7.93. The number of aliphatic hydroxyl groups is 1. The van der Waals surface area contributed by atoms with E-state index in [1.165, 1.54) is 64.2 Å². The summed E-state index contributed by atoms with van der Waals surface area (Å²) in [7, 11) is 0. The first kappa shape index (κ1) is 15.0. The smallest absolute Gasteiger partial charge is 0.0568 e. The van der Waals surface area contributed by atoms with Gasteiger partial charge in [-0.05, 0) is 24.7 Å². The van der Waals surface area contributed by atoms with Gasteiger partial charge in [0, 0.05) is 0 Å². The van der Waals surface area contributed by atoms with Crippen LogP contribution in [0.1, 0.15) is 84.5 Å². The van der Waals surface area contributed by atoms with E-state index in [-0.39, 0.29) is 6.10 Å². The quantitative estimate of drug-likeness (QED) is 0.567. The first-order chi connectivity index (χ1) is 8.25. The van der Waals surface area contributed by atoms with Crippen LogP contribution >= 0.6 is 0 Å². The van der Waals surface area contributed by atoms with Crippen molar-refractivity contribution in [1.82, 2.24) is 0 Å². The number of unbranched alkanes of at least 4 members (excludes halogenated alkanes) is 7. The second kappa shape index (κ2) is 8.97. The van der Waals surface area contributed by atoms with E-state index in [2.05, 4.69) is 13.8 Å². The third-order valence-electron chi connectivity index (χ3n) is 4.61. The van der Waals surface area contributed by atoms with Gasteiger partial charge in [0.15, 0.2) is 0 Å². The van der Waals surface area contributed by atoms with Crippen molar-refractivity contribution in [3.8, 4) is 0 Å². The van der Waals surface area contributed by atoms with Gasteiger partial charge >= 0.3 is 0 Å². The lowest BCUT2D eigenvalue weighted by molar-refractivity contribution is 0.125. The molecule has 0 amide bonds. The minimum Gasteiger partial charge on any atom is -0.393 e. The molecule has 102 valence electrons.